The van der Waals surface area contributed by atoms with Crippen LogP contribution in [0.1, 0.15) is 5.56 Å². The van der Waals surface area contributed by atoms with E-state index in [1.54, 1.807) is 36.5 Å². The summed E-state index contributed by atoms with van der Waals surface area (Å²) in [5.74, 6) is 0.404. The molecule has 3 heterocycles. The molecular weight excluding hydrogens is 424 g/mol. The van der Waals surface area contributed by atoms with Crippen LogP contribution in [0.2, 0.25) is 5.28 Å². The predicted molar refractivity (Wildman–Crippen MR) is 116 cm³/mol. The van der Waals surface area contributed by atoms with E-state index in [0.717, 1.165) is 26.1 Å². The van der Waals surface area contributed by atoms with E-state index in [-0.39, 0.29) is 15.8 Å². The smallest absolute Gasteiger partial charge is 0.269 e. The van der Waals surface area contributed by atoms with Gasteiger partial charge >= 0.3 is 0 Å². The highest BCUT2D eigenvalue weighted by molar-refractivity contribution is 7.90. The van der Waals surface area contributed by atoms with Crippen molar-refractivity contribution in [3.05, 3.63) is 71.8 Å². The van der Waals surface area contributed by atoms with Gasteiger partial charge in [0.2, 0.25) is 5.28 Å². The summed E-state index contributed by atoms with van der Waals surface area (Å²) in [6, 6.07) is 13.9. The monoisotopic (exact) mass is 438 g/mol. The van der Waals surface area contributed by atoms with Gasteiger partial charge in [0.1, 0.15) is 5.82 Å². The maximum Gasteiger partial charge on any atom is 0.269 e. The van der Waals surface area contributed by atoms with Crippen LogP contribution >= 0.6 is 11.6 Å². The first-order valence-corrected chi connectivity index (χ1v) is 10.8. The predicted octanol–water partition coefficient (Wildman–Crippen LogP) is 4.25. The molecule has 0 bridgehead atoms. The fourth-order valence-electron chi connectivity index (χ4n) is 3.23. The molecule has 0 spiro atoms. The highest BCUT2D eigenvalue weighted by Gasteiger charge is 2.22. The minimum Gasteiger partial charge on any atom is -0.339 e. The van der Waals surface area contributed by atoms with Gasteiger partial charge in [-0.15, -0.1) is 0 Å². The maximum atomic E-state index is 13.1. The van der Waals surface area contributed by atoms with Crippen LogP contribution in [0.5, 0.6) is 0 Å². The number of nitrogens with one attached hydrogen (secondary N) is 2. The molecule has 0 amide bonds. The van der Waals surface area contributed by atoms with E-state index in [1.165, 1.54) is 6.20 Å². The zero-order valence-electron chi connectivity index (χ0n) is 15.7. The summed E-state index contributed by atoms with van der Waals surface area (Å²) in [4.78, 5) is 8.59. The van der Waals surface area contributed by atoms with Gasteiger partial charge in [0.25, 0.3) is 10.0 Å². The molecule has 0 saturated heterocycles. The Balaban J connectivity index is 1.61. The van der Waals surface area contributed by atoms with Crippen molar-refractivity contribution in [1.82, 2.24) is 24.1 Å². The molecule has 30 heavy (non-hydrogen) atoms. The molecule has 8 nitrogen and oxygen atoms in total. The van der Waals surface area contributed by atoms with Crippen LogP contribution in [0.15, 0.2) is 65.8 Å². The topological polar surface area (TPSA) is 106 Å². The molecule has 0 fully saturated rings. The first-order chi connectivity index (χ1) is 14.4. The Bertz CT molecular complexity index is 1510. The molecule has 0 unspecified atom stereocenters. The SMILES string of the molecule is Cc1ccc(S(=O)(=O)n2ccc3c(Nc4ccc5cn[nH]c5c4)nc(Cl)nc32)cc1. The number of fused-ring (bicyclic) bond motifs is 2. The van der Waals surface area contributed by atoms with Crippen molar-refractivity contribution in [2.45, 2.75) is 11.8 Å². The van der Waals surface area contributed by atoms with Crippen LogP contribution in [0.3, 0.4) is 0 Å². The lowest BCUT2D eigenvalue weighted by Gasteiger charge is -2.10. The summed E-state index contributed by atoms with van der Waals surface area (Å²) in [6.45, 7) is 1.90. The summed E-state index contributed by atoms with van der Waals surface area (Å²) in [5.41, 5.74) is 2.77. The number of nitrogens with zero attached hydrogens (tertiary/aromatic N) is 4. The Morgan fingerprint density at radius 2 is 1.87 bits per heavy atom. The van der Waals surface area contributed by atoms with Crippen LogP contribution in [-0.2, 0) is 10.0 Å². The van der Waals surface area contributed by atoms with Crippen molar-refractivity contribution >= 4 is 55.1 Å². The van der Waals surface area contributed by atoms with E-state index < -0.39 is 10.0 Å². The normalized spacial score (nSPS) is 11.9. The second kappa shape index (κ2) is 6.82. The number of hydrogen-bond acceptors (Lipinski definition) is 6. The second-order valence-corrected chi connectivity index (χ2v) is 8.96. The summed E-state index contributed by atoms with van der Waals surface area (Å²) in [6.07, 6.45) is 3.18. The third-order valence-electron chi connectivity index (χ3n) is 4.77. The summed E-state index contributed by atoms with van der Waals surface area (Å²) >= 11 is 6.13. The molecule has 2 N–H and O–H groups in total. The second-order valence-electron chi connectivity index (χ2n) is 6.81. The van der Waals surface area contributed by atoms with E-state index in [0.29, 0.717) is 11.2 Å². The fourth-order valence-corrected chi connectivity index (χ4v) is 4.69. The Labute approximate surface area is 176 Å². The van der Waals surface area contributed by atoms with Crippen molar-refractivity contribution in [3.63, 3.8) is 0 Å². The standard InChI is InChI=1S/C20H15ClN6O2S/c1-12-2-6-15(7-3-12)30(28,29)27-9-8-16-18(24-20(21)25-19(16)27)23-14-5-4-13-11-22-26-17(13)10-14/h2-11H,1H3,(H,22,26)(H,23,24,25). The van der Waals surface area contributed by atoms with Gasteiger partial charge in [0.05, 0.1) is 22.0 Å². The van der Waals surface area contributed by atoms with Crippen molar-refractivity contribution in [2.24, 2.45) is 0 Å². The third kappa shape index (κ3) is 3.08. The van der Waals surface area contributed by atoms with Gasteiger partial charge < -0.3 is 5.32 Å². The lowest BCUT2D eigenvalue weighted by Crippen LogP contribution is -2.12. The van der Waals surface area contributed by atoms with Crippen molar-refractivity contribution in [3.8, 4) is 0 Å². The molecule has 0 radical (unpaired) electrons. The Morgan fingerprint density at radius 1 is 1.07 bits per heavy atom. The first-order valence-electron chi connectivity index (χ1n) is 8.99. The average molecular weight is 439 g/mol. The van der Waals surface area contributed by atoms with Gasteiger partial charge in [0, 0.05) is 17.3 Å². The molecule has 0 atom stereocenters. The number of halogens is 1. The van der Waals surface area contributed by atoms with Crippen LogP contribution in [-0.4, -0.2) is 32.6 Å². The molecule has 0 aliphatic carbocycles. The van der Waals surface area contributed by atoms with Crippen LogP contribution < -0.4 is 5.32 Å². The lowest BCUT2D eigenvalue weighted by atomic mass is 10.2. The highest BCUT2D eigenvalue weighted by Crippen LogP contribution is 2.29. The Hall–Kier alpha value is -3.43. The van der Waals surface area contributed by atoms with Crippen LogP contribution in [0.25, 0.3) is 21.9 Å². The maximum absolute atomic E-state index is 13.1. The number of aryl methyl sites for hydroxylation is 1. The lowest BCUT2D eigenvalue weighted by molar-refractivity contribution is 0.588. The zero-order chi connectivity index (χ0) is 20.9. The van der Waals surface area contributed by atoms with Crippen molar-refractivity contribution in [1.29, 1.82) is 0 Å². The van der Waals surface area contributed by atoms with Gasteiger partial charge in [-0.25, -0.2) is 12.4 Å². The molecule has 150 valence electrons. The van der Waals surface area contributed by atoms with E-state index >= 15 is 0 Å². The van der Waals surface area contributed by atoms with E-state index in [2.05, 4.69) is 25.5 Å². The van der Waals surface area contributed by atoms with Crippen LogP contribution in [0.4, 0.5) is 11.5 Å². The molecule has 0 aliphatic rings. The van der Waals surface area contributed by atoms with Gasteiger partial charge in [-0.05, 0) is 54.9 Å². The highest BCUT2D eigenvalue weighted by atomic mass is 35.5. The van der Waals surface area contributed by atoms with Gasteiger partial charge in [-0.3, -0.25) is 5.10 Å². The van der Waals surface area contributed by atoms with Gasteiger partial charge in [-0.2, -0.15) is 15.1 Å². The zero-order valence-corrected chi connectivity index (χ0v) is 17.2. The van der Waals surface area contributed by atoms with Crippen molar-refractivity contribution < 1.29 is 8.42 Å². The molecule has 3 aromatic heterocycles. The fraction of sp³-hybridized carbons (Fsp3) is 0.0500. The third-order valence-corrected chi connectivity index (χ3v) is 6.62. The quantitative estimate of drug-likeness (QED) is 0.406. The number of benzene rings is 2. The molecule has 5 rings (SSSR count). The van der Waals surface area contributed by atoms with Gasteiger partial charge in [-0.1, -0.05) is 17.7 Å². The summed E-state index contributed by atoms with van der Waals surface area (Å²) in [7, 11) is -3.84. The summed E-state index contributed by atoms with van der Waals surface area (Å²) < 4.78 is 27.4. The number of aromatic amines is 1. The van der Waals surface area contributed by atoms with Crippen LogP contribution in [0, 0.1) is 6.92 Å². The number of rotatable bonds is 4. The number of anilines is 2. The van der Waals surface area contributed by atoms with E-state index in [1.807, 2.05) is 25.1 Å². The minimum atomic E-state index is -3.84. The molecule has 5 aromatic rings. The molecular formula is C20H15ClN6O2S. The minimum absolute atomic E-state index is 0.0633. The number of hydrogen-bond donors (Lipinski definition) is 2. The molecule has 0 aliphatic heterocycles. The van der Waals surface area contributed by atoms with Gasteiger partial charge in [0.15, 0.2) is 5.65 Å². The average Bonchev–Trinajstić information content (AvgIpc) is 3.35. The molecule has 0 saturated carbocycles. The number of aromatic nitrogens is 5. The Morgan fingerprint density at radius 3 is 2.67 bits per heavy atom. The largest absolute Gasteiger partial charge is 0.339 e. The molecule has 2 aromatic carbocycles. The molecule has 10 heteroatoms. The van der Waals surface area contributed by atoms with Crippen molar-refractivity contribution in [2.75, 3.05) is 5.32 Å². The van der Waals surface area contributed by atoms with E-state index in [9.17, 15) is 8.42 Å². The first kappa shape index (κ1) is 18.6. The van der Waals surface area contributed by atoms with E-state index in [4.69, 9.17) is 11.6 Å². The summed E-state index contributed by atoms with van der Waals surface area (Å²) in [5, 5.41) is 11.5. The Kier molecular flexibility index (Phi) is 4.23. The number of H-pyrrole nitrogens is 1.